The van der Waals surface area contributed by atoms with Crippen LogP contribution in [0.5, 0.6) is 11.5 Å². The van der Waals surface area contributed by atoms with E-state index in [1.54, 1.807) is 6.07 Å². The summed E-state index contributed by atoms with van der Waals surface area (Å²) in [6.45, 7) is 3.81. The SMILES string of the molecule is COc1ccc(S(=O)(=O)Nc2ccc(OC(F)(F)F)cc2)cc1C(C)C. The van der Waals surface area contributed by atoms with Gasteiger partial charge in [0.15, 0.2) is 0 Å². The predicted octanol–water partition coefficient (Wildman–Crippen LogP) is 4.52. The zero-order valence-corrected chi connectivity index (χ0v) is 15.1. The van der Waals surface area contributed by atoms with Crippen LogP contribution in [0.15, 0.2) is 47.4 Å². The highest BCUT2D eigenvalue weighted by molar-refractivity contribution is 7.92. The number of hydrogen-bond donors (Lipinski definition) is 1. The van der Waals surface area contributed by atoms with Crippen LogP contribution < -0.4 is 14.2 Å². The van der Waals surface area contributed by atoms with E-state index in [-0.39, 0.29) is 16.5 Å². The van der Waals surface area contributed by atoms with E-state index < -0.39 is 22.1 Å². The molecule has 9 heteroatoms. The Kier molecular flexibility index (Phi) is 5.70. The van der Waals surface area contributed by atoms with Crippen LogP contribution in [-0.4, -0.2) is 21.9 Å². The van der Waals surface area contributed by atoms with E-state index in [9.17, 15) is 21.6 Å². The molecule has 2 aromatic carbocycles. The Hall–Kier alpha value is -2.42. The summed E-state index contributed by atoms with van der Waals surface area (Å²) in [6, 6.07) is 8.89. The van der Waals surface area contributed by atoms with Crippen molar-refractivity contribution in [3.05, 3.63) is 48.0 Å². The molecule has 0 amide bonds. The van der Waals surface area contributed by atoms with Gasteiger partial charge in [-0.2, -0.15) is 0 Å². The summed E-state index contributed by atoms with van der Waals surface area (Å²) >= 11 is 0. The lowest BCUT2D eigenvalue weighted by Crippen LogP contribution is -2.17. The zero-order chi connectivity index (χ0) is 19.5. The molecule has 0 aliphatic heterocycles. The quantitative estimate of drug-likeness (QED) is 0.789. The number of nitrogens with one attached hydrogen (secondary N) is 1. The largest absolute Gasteiger partial charge is 0.573 e. The van der Waals surface area contributed by atoms with Crippen LogP contribution in [0.3, 0.4) is 0 Å². The van der Waals surface area contributed by atoms with Crippen LogP contribution in [-0.2, 0) is 10.0 Å². The Bertz CT molecular complexity index is 863. The fourth-order valence-electron chi connectivity index (χ4n) is 2.27. The summed E-state index contributed by atoms with van der Waals surface area (Å²) in [5, 5.41) is 0. The van der Waals surface area contributed by atoms with Crippen molar-refractivity contribution in [2.45, 2.75) is 31.0 Å². The molecule has 0 radical (unpaired) electrons. The number of methoxy groups -OCH3 is 1. The van der Waals surface area contributed by atoms with Crippen molar-refractivity contribution < 1.29 is 31.1 Å². The smallest absolute Gasteiger partial charge is 0.496 e. The molecule has 0 heterocycles. The van der Waals surface area contributed by atoms with Crippen molar-refractivity contribution in [1.29, 1.82) is 0 Å². The van der Waals surface area contributed by atoms with Crippen molar-refractivity contribution in [1.82, 2.24) is 0 Å². The normalized spacial score (nSPS) is 12.1. The van der Waals surface area contributed by atoms with Crippen LogP contribution in [0.2, 0.25) is 0 Å². The number of benzene rings is 2. The number of alkyl halides is 3. The summed E-state index contributed by atoms with van der Waals surface area (Å²) in [7, 11) is -2.41. The van der Waals surface area contributed by atoms with Gasteiger partial charge < -0.3 is 9.47 Å². The monoisotopic (exact) mass is 389 g/mol. The molecular formula is C17H18F3NO4S. The standard InChI is InChI=1S/C17H18F3NO4S/c1-11(2)15-10-14(8-9-16(15)24-3)26(22,23)21-12-4-6-13(7-5-12)25-17(18,19)20/h4-11,21H,1-3H3. The third kappa shape index (κ3) is 5.04. The molecule has 1 N–H and O–H groups in total. The minimum atomic E-state index is -4.81. The Labute approximate surface area is 149 Å². The summed E-state index contributed by atoms with van der Waals surface area (Å²) < 4.78 is 72.8. The van der Waals surface area contributed by atoms with E-state index in [0.29, 0.717) is 5.75 Å². The molecule has 26 heavy (non-hydrogen) atoms. The van der Waals surface area contributed by atoms with Crippen molar-refractivity contribution in [2.75, 3.05) is 11.8 Å². The minimum absolute atomic E-state index is 0.0256. The molecule has 2 aromatic rings. The van der Waals surface area contributed by atoms with E-state index in [0.717, 1.165) is 17.7 Å². The maximum absolute atomic E-state index is 12.5. The number of sulfonamides is 1. The highest BCUT2D eigenvalue weighted by Gasteiger charge is 2.31. The Morgan fingerprint density at radius 3 is 2.15 bits per heavy atom. The summed E-state index contributed by atoms with van der Waals surface area (Å²) in [6.07, 6.45) is -4.81. The number of anilines is 1. The molecule has 142 valence electrons. The third-order valence-electron chi connectivity index (χ3n) is 3.47. The van der Waals surface area contributed by atoms with Crippen LogP contribution in [0.25, 0.3) is 0 Å². The molecule has 0 aliphatic rings. The predicted molar refractivity (Wildman–Crippen MR) is 91.0 cm³/mol. The lowest BCUT2D eigenvalue weighted by molar-refractivity contribution is -0.274. The second kappa shape index (κ2) is 7.45. The first-order valence-corrected chi connectivity index (χ1v) is 9.07. The maximum Gasteiger partial charge on any atom is 0.573 e. The second-order valence-electron chi connectivity index (χ2n) is 5.74. The molecule has 0 spiro atoms. The Balaban J connectivity index is 2.25. The second-order valence-corrected chi connectivity index (χ2v) is 7.42. The zero-order valence-electron chi connectivity index (χ0n) is 14.3. The van der Waals surface area contributed by atoms with Gasteiger partial charge in [-0.1, -0.05) is 13.8 Å². The van der Waals surface area contributed by atoms with Gasteiger partial charge in [0.05, 0.1) is 12.0 Å². The number of ether oxygens (including phenoxy) is 2. The van der Waals surface area contributed by atoms with Crippen LogP contribution in [0.1, 0.15) is 25.3 Å². The summed E-state index contributed by atoms with van der Waals surface area (Å²) in [5.41, 5.74) is 0.839. The van der Waals surface area contributed by atoms with Gasteiger partial charge in [0.2, 0.25) is 0 Å². The molecule has 0 unspecified atom stereocenters. The maximum atomic E-state index is 12.5. The average Bonchev–Trinajstić information content (AvgIpc) is 2.54. The lowest BCUT2D eigenvalue weighted by Gasteiger charge is -2.15. The summed E-state index contributed by atoms with van der Waals surface area (Å²) in [4.78, 5) is 0.0256. The molecule has 0 aliphatic carbocycles. The first-order chi connectivity index (χ1) is 12.0. The highest BCUT2D eigenvalue weighted by atomic mass is 32.2. The van der Waals surface area contributed by atoms with Gasteiger partial charge in [-0.15, -0.1) is 13.2 Å². The van der Waals surface area contributed by atoms with Crippen LogP contribution in [0, 0.1) is 0 Å². The molecule has 0 bridgehead atoms. The van der Waals surface area contributed by atoms with Gasteiger partial charge in [0.25, 0.3) is 10.0 Å². The molecule has 5 nitrogen and oxygen atoms in total. The molecule has 2 rings (SSSR count). The van der Waals surface area contributed by atoms with Gasteiger partial charge in [-0.05, 0) is 53.9 Å². The Morgan fingerprint density at radius 2 is 1.65 bits per heavy atom. The molecule has 0 saturated heterocycles. The van der Waals surface area contributed by atoms with Crippen molar-refractivity contribution in [3.63, 3.8) is 0 Å². The van der Waals surface area contributed by atoms with Gasteiger partial charge in [-0.25, -0.2) is 8.42 Å². The topological polar surface area (TPSA) is 64.6 Å². The van der Waals surface area contributed by atoms with Crippen LogP contribution >= 0.6 is 0 Å². The minimum Gasteiger partial charge on any atom is -0.496 e. The first-order valence-electron chi connectivity index (χ1n) is 7.58. The molecule has 0 aromatic heterocycles. The molecule has 0 atom stereocenters. The molecule has 0 saturated carbocycles. The molecule has 0 fully saturated rings. The van der Waals surface area contributed by atoms with Gasteiger partial charge in [0, 0.05) is 5.69 Å². The Morgan fingerprint density at radius 1 is 1.04 bits per heavy atom. The number of hydrogen-bond acceptors (Lipinski definition) is 4. The fraction of sp³-hybridized carbons (Fsp3) is 0.294. The van der Waals surface area contributed by atoms with Gasteiger partial charge >= 0.3 is 6.36 Å². The third-order valence-corrected chi connectivity index (χ3v) is 4.85. The lowest BCUT2D eigenvalue weighted by atomic mass is 10.0. The number of rotatable bonds is 6. The van der Waals surface area contributed by atoms with Crippen LogP contribution in [0.4, 0.5) is 18.9 Å². The van der Waals surface area contributed by atoms with E-state index in [2.05, 4.69) is 9.46 Å². The summed E-state index contributed by atoms with van der Waals surface area (Å²) in [5.74, 6) is 0.179. The fourth-order valence-corrected chi connectivity index (χ4v) is 3.36. The van der Waals surface area contributed by atoms with E-state index in [1.807, 2.05) is 13.8 Å². The number of halogens is 3. The van der Waals surface area contributed by atoms with E-state index in [4.69, 9.17) is 4.74 Å². The van der Waals surface area contributed by atoms with E-state index in [1.165, 1.54) is 31.4 Å². The molecular weight excluding hydrogens is 371 g/mol. The first kappa shape index (κ1) is 19.9. The van der Waals surface area contributed by atoms with Gasteiger partial charge in [0.1, 0.15) is 11.5 Å². The van der Waals surface area contributed by atoms with Crippen molar-refractivity contribution in [2.24, 2.45) is 0 Å². The van der Waals surface area contributed by atoms with Crippen molar-refractivity contribution >= 4 is 15.7 Å². The average molecular weight is 389 g/mol. The van der Waals surface area contributed by atoms with Gasteiger partial charge in [-0.3, -0.25) is 4.72 Å². The highest BCUT2D eigenvalue weighted by Crippen LogP contribution is 2.30. The van der Waals surface area contributed by atoms with Crippen molar-refractivity contribution in [3.8, 4) is 11.5 Å². The van der Waals surface area contributed by atoms with E-state index >= 15 is 0 Å².